The molecule has 2 aromatic rings. The molecule has 1 unspecified atom stereocenters. The summed E-state index contributed by atoms with van der Waals surface area (Å²) in [4.78, 5) is 48.5. The third-order valence-corrected chi connectivity index (χ3v) is 8.77. The van der Waals surface area contributed by atoms with E-state index < -0.39 is 29.2 Å². The molecule has 5 rings (SSSR count). The minimum absolute atomic E-state index is 0.0331. The van der Waals surface area contributed by atoms with Gasteiger partial charge in [0.05, 0.1) is 5.69 Å². The number of carboxylic acids is 1. The highest BCUT2D eigenvalue weighted by atomic mass is 32.2. The Hall–Kier alpha value is -3.76. The van der Waals surface area contributed by atoms with Gasteiger partial charge in [-0.2, -0.15) is 14.5 Å². The van der Waals surface area contributed by atoms with Crippen LogP contribution in [-0.2, 0) is 32.1 Å². The molecule has 3 aliphatic rings. The third kappa shape index (κ3) is 5.73. The number of aliphatic carboxylic acids is 1. The zero-order chi connectivity index (χ0) is 28.2. The molecule has 0 aromatic carbocycles. The molecule has 1 aliphatic carbocycles. The van der Waals surface area contributed by atoms with E-state index in [1.807, 2.05) is 6.07 Å². The molecule has 4 heterocycles. The molecule has 0 radical (unpaired) electrons. The van der Waals surface area contributed by atoms with Crippen LogP contribution in [0.15, 0.2) is 51.7 Å². The van der Waals surface area contributed by atoms with Crippen LogP contribution >= 0.6 is 35.1 Å². The van der Waals surface area contributed by atoms with Crippen molar-refractivity contribution in [1.29, 1.82) is 0 Å². The maximum Gasteiger partial charge on any atom is 0.352 e. The highest BCUT2D eigenvalue weighted by Crippen LogP contribution is 2.41. The molecule has 208 valence electrons. The van der Waals surface area contributed by atoms with Gasteiger partial charge in [-0.15, -0.1) is 16.9 Å². The Morgan fingerprint density at radius 2 is 2.17 bits per heavy atom. The lowest BCUT2D eigenvalue weighted by Gasteiger charge is -2.49. The number of allylic oxidation sites excluding steroid dienone is 1. The van der Waals surface area contributed by atoms with Crippen molar-refractivity contribution >= 4 is 63.7 Å². The number of aryl methyl sites for hydroxylation is 2. The van der Waals surface area contributed by atoms with Gasteiger partial charge in [0.25, 0.3) is 11.8 Å². The highest BCUT2D eigenvalue weighted by Gasteiger charge is 2.54. The van der Waals surface area contributed by atoms with Crippen LogP contribution < -0.4 is 11.1 Å². The summed E-state index contributed by atoms with van der Waals surface area (Å²) in [5, 5.41) is 26.9. The lowest BCUT2D eigenvalue weighted by molar-refractivity contribution is -0.150. The average molecular weight is 601 g/mol. The molecule has 2 aliphatic heterocycles. The second kappa shape index (κ2) is 12.2. The molecular weight excluding hydrogens is 577 g/mol. The van der Waals surface area contributed by atoms with Crippen LogP contribution in [0.4, 0.5) is 5.13 Å². The van der Waals surface area contributed by atoms with Gasteiger partial charge in [0.15, 0.2) is 5.13 Å². The first-order valence-corrected chi connectivity index (χ1v) is 14.9. The van der Waals surface area contributed by atoms with Crippen LogP contribution in [0.3, 0.4) is 0 Å². The normalized spacial score (nSPS) is 20.6. The Morgan fingerprint density at radius 1 is 1.35 bits per heavy atom. The van der Waals surface area contributed by atoms with Crippen LogP contribution in [0.25, 0.3) is 0 Å². The highest BCUT2D eigenvalue weighted by molar-refractivity contribution is 8.02. The van der Waals surface area contributed by atoms with Crippen molar-refractivity contribution in [3.05, 3.63) is 58.6 Å². The first kappa shape index (κ1) is 27.8. The van der Waals surface area contributed by atoms with Crippen LogP contribution in [0.2, 0.25) is 0 Å². The lowest BCUT2D eigenvalue weighted by atomic mass is 9.97. The summed E-state index contributed by atoms with van der Waals surface area (Å²) in [7, 11) is 0. The van der Waals surface area contributed by atoms with E-state index >= 15 is 0 Å². The van der Waals surface area contributed by atoms with Crippen molar-refractivity contribution in [3.8, 4) is 0 Å². The Bertz CT molecular complexity index is 1460. The van der Waals surface area contributed by atoms with E-state index in [0.717, 1.165) is 47.9 Å². The molecule has 2 atom stereocenters. The molecule has 4 N–H and O–H groups in total. The van der Waals surface area contributed by atoms with Crippen LogP contribution in [-0.4, -0.2) is 76.8 Å². The van der Waals surface area contributed by atoms with Gasteiger partial charge in [0, 0.05) is 17.3 Å². The smallest absolute Gasteiger partial charge is 0.352 e. The molecule has 0 saturated carbocycles. The minimum atomic E-state index is -1.23. The van der Waals surface area contributed by atoms with E-state index in [1.165, 1.54) is 40.1 Å². The summed E-state index contributed by atoms with van der Waals surface area (Å²) in [5.41, 5.74) is 7.97. The second-order valence-electron chi connectivity index (χ2n) is 8.80. The van der Waals surface area contributed by atoms with Gasteiger partial charge in [-0.1, -0.05) is 29.6 Å². The average Bonchev–Trinajstić information content (AvgIpc) is 3.38. The maximum absolute atomic E-state index is 13.1. The molecule has 2 aromatic heterocycles. The maximum atomic E-state index is 13.1. The molecule has 16 heteroatoms. The van der Waals surface area contributed by atoms with E-state index in [1.54, 1.807) is 11.5 Å². The molecule has 40 heavy (non-hydrogen) atoms. The lowest BCUT2D eigenvalue weighted by Crippen LogP contribution is -2.71. The van der Waals surface area contributed by atoms with Gasteiger partial charge in [-0.3, -0.25) is 14.5 Å². The number of oxime groups is 1. The first-order valence-electron chi connectivity index (χ1n) is 12.2. The number of carbonyl (C=O) groups is 3. The predicted octanol–water partition coefficient (Wildman–Crippen LogP) is 1.74. The number of hydrogen-bond donors (Lipinski definition) is 3. The first-order chi connectivity index (χ1) is 19.4. The Kier molecular flexibility index (Phi) is 8.46. The van der Waals surface area contributed by atoms with Crippen LogP contribution in [0, 0.1) is 0 Å². The summed E-state index contributed by atoms with van der Waals surface area (Å²) < 4.78 is 3.99. The fourth-order valence-corrected chi connectivity index (χ4v) is 6.79. The minimum Gasteiger partial charge on any atom is -0.477 e. The molecule has 0 spiro atoms. The number of fused-ring (bicyclic) bond motifs is 2. The van der Waals surface area contributed by atoms with E-state index in [9.17, 15) is 19.5 Å². The van der Waals surface area contributed by atoms with Gasteiger partial charge in [0.2, 0.25) is 11.5 Å². The van der Waals surface area contributed by atoms with Gasteiger partial charge in [-0.25, -0.2) is 4.79 Å². The van der Waals surface area contributed by atoms with Gasteiger partial charge >= 0.3 is 5.97 Å². The zero-order valence-corrected chi connectivity index (χ0v) is 23.4. The van der Waals surface area contributed by atoms with Gasteiger partial charge in [-0.05, 0) is 54.4 Å². The van der Waals surface area contributed by atoms with Crippen molar-refractivity contribution < 1.29 is 24.3 Å². The number of nitrogens with zero attached hydrogens (tertiary/aromatic N) is 6. The monoisotopic (exact) mass is 600 g/mol. The molecule has 0 bridgehead atoms. The van der Waals surface area contributed by atoms with Gasteiger partial charge < -0.3 is 21.0 Å². The largest absolute Gasteiger partial charge is 0.477 e. The van der Waals surface area contributed by atoms with E-state index in [2.05, 4.69) is 36.6 Å². The van der Waals surface area contributed by atoms with Crippen molar-refractivity contribution in [1.82, 2.24) is 29.8 Å². The summed E-state index contributed by atoms with van der Waals surface area (Å²) in [6, 6.07) is 1.05. The SMILES string of the molecule is C=CCO/N=C(\C(=O)NC1C(=O)N2C(C(=O)O)=C(/C=C/Sc3cc4c(nn3)CCCC4)CS[C@H]12)c1nsc(N)n1. The Balaban J connectivity index is 1.28. The fraction of sp³-hybridized carbons (Fsp3) is 0.333. The number of nitrogen functional groups attached to an aromatic ring is 1. The topological polar surface area (TPSA) is 186 Å². The number of hydrogen-bond acceptors (Lipinski definition) is 13. The van der Waals surface area contributed by atoms with E-state index in [4.69, 9.17) is 10.6 Å². The summed E-state index contributed by atoms with van der Waals surface area (Å²) in [6.45, 7) is 3.55. The Morgan fingerprint density at radius 3 is 2.92 bits per heavy atom. The summed E-state index contributed by atoms with van der Waals surface area (Å²) in [6.07, 6.45) is 7.29. The standard InChI is InChI=1S/C24H24N8O5S3/c1-2-8-37-30-16(19-27-24(25)40-31-19)20(33)26-17-21(34)32-18(23(35)36)13(11-39-22(17)32)7-9-38-15-10-12-5-3-4-6-14(12)28-29-15/h2,7,9-10,17,22H,1,3-6,8,11H2,(H,26,33)(H,35,36)(H2,25,27,31)/b9-7+,30-16-/t17?,22-/m1/s1. The number of nitrogens with two attached hydrogens (primary N) is 1. The van der Waals surface area contributed by atoms with Crippen molar-refractivity contribution in [2.45, 2.75) is 42.1 Å². The third-order valence-electron chi connectivity index (χ3n) is 6.21. The van der Waals surface area contributed by atoms with E-state index in [0.29, 0.717) is 11.3 Å². The number of thioether (sulfide) groups is 2. The summed E-state index contributed by atoms with van der Waals surface area (Å²) >= 11 is 3.56. The number of anilines is 1. The number of nitrogens with one attached hydrogen (secondary N) is 1. The number of amides is 2. The summed E-state index contributed by atoms with van der Waals surface area (Å²) in [5.74, 6) is -2.27. The number of rotatable bonds is 10. The van der Waals surface area contributed by atoms with Crippen molar-refractivity contribution in [2.75, 3.05) is 18.1 Å². The van der Waals surface area contributed by atoms with Crippen LogP contribution in [0.1, 0.15) is 29.9 Å². The Labute approximate surface area is 241 Å². The van der Waals surface area contributed by atoms with Crippen molar-refractivity contribution in [2.24, 2.45) is 5.16 Å². The number of carbonyl (C=O) groups excluding carboxylic acids is 2. The molecule has 1 fully saturated rings. The zero-order valence-electron chi connectivity index (χ0n) is 21.0. The fourth-order valence-electron chi connectivity index (χ4n) is 4.36. The molecular formula is C24H24N8O5S3. The number of β-lactam (4-membered cyclic amide) rings is 1. The van der Waals surface area contributed by atoms with Gasteiger partial charge in [0.1, 0.15) is 28.7 Å². The number of carboxylic acid groups (broad SMARTS) is 1. The van der Waals surface area contributed by atoms with E-state index in [-0.39, 0.29) is 29.0 Å². The quantitative estimate of drug-likeness (QED) is 0.0897. The number of aromatic nitrogens is 4. The molecule has 2 amide bonds. The van der Waals surface area contributed by atoms with Crippen LogP contribution in [0.5, 0.6) is 0 Å². The molecule has 13 nitrogen and oxygen atoms in total. The molecule has 1 saturated heterocycles. The second-order valence-corrected chi connectivity index (χ2v) is 11.6. The van der Waals surface area contributed by atoms with Crippen molar-refractivity contribution in [3.63, 3.8) is 0 Å². The predicted molar refractivity (Wildman–Crippen MR) is 150 cm³/mol.